The summed E-state index contributed by atoms with van der Waals surface area (Å²) < 4.78 is 0. The molecule has 0 spiro atoms. The smallest absolute Gasteiger partial charge is 0.213 e. The first kappa shape index (κ1) is 17.7. The van der Waals surface area contributed by atoms with Gasteiger partial charge in [0.1, 0.15) is 11.6 Å². The van der Waals surface area contributed by atoms with Crippen LogP contribution in [0.25, 0.3) is 6.08 Å². The van der Waals surface area contributed by atoms with Gasteiger partial charge in [0.05, 0.1) is 4.88 Å². The largest absolute Gasteiger partial charge is 0.372 e. The van der Waals surface area contributed by atoms with Gasteiger partial charge in [0, 0.05) is 18.8 Å². The second-order valence-electron chi connectivity index (χ2n) is 5.12. The van der Waals surface area contributed by atoms with E-state index in [1.165, 1.54) is 17.0 Å². The number of carbonyl (C=O) groups excluding carboxylic acids is 1. The molecule has 3 nitrogen and oxygen atoms in total. The first-order valence-corrected chi connectivity index (χ1v) is 8.79. The SMILES string of the molecule is CCN(CC)c1ccc(C=CC=C(C#N)C(=O)c2cccs2)cc1. The maximum absolute atomic E-state index is 12.1. The summed E-state index contributed by atoms with van der Waals surface area (Å²) in [5.74, 6) is -0.228. The topological polar surface area (TPSA) is 44.1 Å². The molecule has 0 aliphatic heterocycles. The van der Waals surface area contributed by atoms with Gasteiger partial charge in [0.2, 0.25) is 5.78 Å². The van der Waals surface area contributed by atoms with Gasteiger partial charge in [-0.05, 0) is 49.1 Å². The van der Waals surface area contributed by atoms with Crippen LogP contribution in [-0.4, -0.2) is 18.9 Å². The second kappa shape index (κ2) is 8.85. The minimum atomic E-state index is -0.228. The van der Waals surface area contributed by atoms with Crippen LogP contribution in [-0.2, 0) is 0 Å². The van der Waals surface area contributed by atoms with E-state index in [1.807, 2.05) is 29.7 Å². The molecule has 0 aliphatic rings. The monoisotopic (exact) mass is 336 g/mol. The molecule has 0 bridgehead atoms. The molecule has 0 saturated carbocycles. The van der Waals surface area contributed by atoms with E-state index >= 15 is 0 Å². The van der Waals surface area contributed by atoms with Crippen molar-refractivity contribution >= 4 is 28.9 Å². The van der Waals surface area contributed by atoms with Crippen molar-refractivity contribution < 1.29 is 4.79 Å². The zero-order valence-electron chi connectivity index (χ0n) is 13.9. The Morgan fingerprint density at radius 3 is 2.46 bits per heavy atom. The summed E-state index contributed by atoms with van der Waals surface area (Å²) >= 11 is 1.34. The van der Waals surface area contributed by atoms with Crippen molar-refractivity contribution in [2.24, 2.45) is 0 Å². The molecule has 0 amide bonds. The van der Waals surface area contributed by atoms with E-state index in [4.69, 9.17) is 0 Å². The summed E-state index contributed by atoms with van der Waals surface area (Å²) in [7, 11) is 0. The molecular weight excluding hydrogens is 316 g/mol. The number of anilines is 1. The van der Waals surface area contributed by atoms with Crippen molar-refractivity contribution in [1.82, 2.24) is 0 Å². The number of carbonyl (C=O) groups is 1. The number of hydrogen-bond donors (Lipinski definition) is 0. The van der Waals surface area contributed by atoms with Gasteiger partial charge in [0.15, 0.2) is 0 Å². The quantitative estimate of drug-likeness (QED) is 0.311. The molecule has 1 aromatic heterocycles. The molecule has 0 saturated heterocycles. The maximum atomic E-state index is 12.1. The summed E-state index contributed by atoms with van der Waals surface area (Å²) in [4.78, 5) is 15.0. The van der Waals surface area contributed by atoms with Crippen LogP contribution in [0, 0.1) is 11.3 Å². The van der Waals surface area contributed by atoms with Gasteiger partial charge in [-0.25, -0.2) is 0 Å². The predicted octanol–water partition coefficient (Wildman–Crippen LogP) is 4.94. The highest BCUT2D eigenvalue weighted by Gasteiger charge is 2.11. The summed E-state index contributed by atoms with van der Waals surface area (Å²) in [6, 6.07) is 13.7. The summed E-state index contributed by atoms with van der Waals surface area (Å²) in [6.45, 7) is 6.22. The minimum Gasteiger partial charge on any atom is -0.372 e. The Kier molecular flexibility index (Phi) is 6.53. The maximum Gasteiger partial charge on any atom is 0.213 e. The van der Waals surface area contributed by atoms with Crippen molar-refractivity contribution in [3.05, 3.63) is 69.9 Å². The molecule has 0 N–H and O–H groups in total. The lowest BCUT2D eigenvalue weighted by molar-refractivity contribution is 0.104. The van der Waals surface area contributed by atoms with Gasteiger partial charge in [-0.2, -0.15) is 5.26 Å². The lowest BCUT2D eigenvalue weighted by atomic mass is 10.1. The van der Waals surface area contributed by atoms with Crippen LogP contribution in [0.5, 0.6) is 0 Å². The van der Waals surface area contributed by atoms with Gasteiger partial charge in [-0.3, -0.25) is 4.79 Å². The van der Waals surface area contributed by atoms with Crippen LogP contribution in [0.4, 0.5) is 5.69 Å². The standard InChI is InChI=1S/C20H20N2OS/c1-3-22(4-2)18-12-10-16(11-13-18)7-5-8-17(15-21)20(23)19-9-6-14-24-19/h5-14H,3-4H2,1-2H3. The third-order valence-corrected chi connectivity index (χ3v) is 4.55. The Morgan fingerprint density at radius 2 is 1.92 bits per heavy atom. The van der Waals surface area contributed by atoms with Crippen molar-refractivity contribution in [2.45, 2.75) is 13.8 Å². The highest BCUT2D eigenvalue weighted by molar-refractivity contribution is 7.12. The highest BCUT2D eigenvalue weighted by Crippen LogP contribution is 2.17. The second-order valence-corrected chi connectivity index (χ2v) is 6.07. The first-order valence-electron chi connectivity index (χ1n) is 7.91. The van der Waals surface area contributed by atoms with Gasteiger partial charge < -0.3 is 4.90 Å². The average Bonchev–Trinajstić information content (AvgIpc) is 3.15. The fraction of sp³-hybridized carbons (Fsp3) is 0.200. The molecule has 1 aromatic carbocycles. The van der Waals surface area contributed by atoms with Crippen LogP contribution in [0.3, 0.4) is 0 Å². The van der Waals surface area contributed by atoms with E-state index in [1.54, 1.807) is 24.3 Å². The Morgan fingerprint density at radius 1 is 1.21 bits per heavy atom. The van der Waals surface area contributed by atoms with E-state index < -0.39 is 0 Å². The molecule has 2 rings (SSSR count). The normalized spacial score (nSPS) is 11.5. The molecule has 0 atom stereocenters. The highest BCUT2D eigenvalue weighted by atomic mass is 32.1. The van der Waals surface area contributed by atoms with Crippen LogP contribution in [0.1, 0.15) is 29.1 Å². The number of rotatable bonds is 7. The fourth-order valence-corrected chi connectivity index (χ4v) is 3.02. The van der Waals surface area contributed by atoms with Crippen LogP contribution >= 0.6 is 11.3 Å². The average molecular weight is 336 g/mol. The summed E-state index contributed by atoms with van der Waals surface area (Å²) in [6.07, 6.45) is 5.21. The molecule has 4 heteroatoms. The van der Waals surface area contributed by atoms with Crippen molar-refractivity contribution in [2.75, 3.05) is 18.0 Å². The number of hydrogen-bond acceptors (Lipinski definition) is 4. The third kappa shape index (κ3) is 4.43. The molecule has 0 fully saturated rings. The number of nitrogens with zero attached hydrogens (tertiary/aromatic N) is 2. The van der Waals surface area contributed by atoms with Crippen molar-refractivity contribution in [3.63, 3.8) is 0 Å². The van der Waals surface area contributed by atoms with Crippen LogP contribution in [0.2, 0.25) is 0 Å². The molecule has 2 aromatic rings. The van der Waals surface area contributed by atoms with E-state index in [0.29, 0.717) is 4.88 Å². The fourth-order valence-electron chi connectivity index (χ4n) is 2.34. The van der Waals surface area contributed by atoms with Crippen LogP contribution in [0.15, 0.2) is 59.5 Å². The minimum absolute atomic E-state index is 0.147. The van der Waals surface area contributed by atoms with Gasteiger partial charge in [0.25, 0.3) is 0 Å². The molecular formula is C20H20N2OS. The zero-order valence-corrected chi connectivity index (χ0v) is 14.7. The number of benzene rings is 1. The number of allylic oxidation sites excluding steroid dienone is 3. The zero-order chi connectivity index (χ0) is 17.4. The van der Waals surface area contributed by atoms with Crippen LogP contribution < -0.4 is 4.90 Å². The molecule has 1 heterocycles. The Balaban J connectivity index is 2.09. The molecule has 0 unspecified atom stereocenters. The molecule has 122 valence electrons. The van der Waals surface area contributed by atoms with E-state index in [2.05, 4.69) is 30.9 Å². The summed E-state index contributed by atoms with van der Waals surface area (Å²) in [5, 5.41) is 11.0. The Labute approximate surface area is 147 Å². The third-order valence-electron chi connectivity index (χ3n) is 3.68. The van der Waals surface area contributed by atoms with Crippen molar-refractivity contribution in [3.8, 4) is 6.07 Å². The first-order chi connectivity index (χ1) is 11.7. The lowest BCUT2D eigenvalue weighted by Gasteiger charge is -2.20. The molecule has 0 radical (unpaired) electrons. The van der Waals surface area contributed by atoms with Crippen molar-refractivity contribution in [1.29, 1.82) is 5.26 Å². The number of ketones is 1. The van der Waals surface area contributed by atoms with Gasteiger partial charge in [-0.1, -0.05) is 30.4 Å². The Hall–Kier alpha value is -2.64. The number of nitriles is 1. The lowest BCUT2D eigenvalue weighted by Crippen LogP contribution is -2.21. The Bertz CT molecular complexity index is 761. The van der Waals surface area contributed by atoms with E-state index in [9.17, 15) is 10.1 Å². The van der Waals surface area contributed by atoms with Gasteiger partial charge in [-0.15, -0.1) is 11.3 Å². The van der Waals surface area contributed by atoms with Gasteiger partial charge >= 0.3 is 0 Å². The predicted molar refractivity (Wildman–Crippen MR) is 101 cm³/mol. The number of thiophene rings is 1. The molecule has 0 aliphatic carbocycles. The van der Waals surface area contributed by atoms with E-state index in [-0.39, 0.29) is 11.4 Å². The number of Topliss-reactive ketones (excluding diaryl/α,β-unsaturated/α-hetero) is 1. The van der Waals surface area contributed by atoms with E-state index in [0.717, 1.165) is 18.7 Å². The molecule has 24 heavy (non-hydrogen) atoms. The summed E-state index contributed by atoms with van der Waals surface area (Å²) in [5.41, 5.74) is 2.37.